The monoisotopic (exact) mass is 313 g/mol. The maximum absolute atomic E-state index is 11.7. The minimum atomic E-state index is -0.0694. The summed E-state index contributed by atoms with van der Waals surface area (Å²) in [7, 11) is 0. The predicted molar refractivity (Wildman–Crippen MR) is 91.4 cm³/mol. The molecule has 1 aliphatic rings. The van der Waals surface area contributed by atoms with Crippen molar-refractivity contribution in [3.05, 3.63) is 52.4 Å². The molecule has 1 amide bonds. The van der Waals surface area contributed by atoms with Crippen LogP contribution in [0.2, 0.25) is 0 Å². The molecular weight excluding hydrogens is 294 g/mol. The van der Waals surface area contributed by atoms with Gasteiger partial charge in [0.25, 0.3) is 5.91 Å². The lowest BCUT2D eigenvalue weighted by molar-refractivity contribution is 0.0955. The highest BCUT2D eigenvalue weighted by atomic mass is 32.1. The normalized spacial score (nSPS) is 14.6. The van der Waals surface area contributed by atoms with E-state index in [1.54, 1.807) is 17.5 Å². The van der Waals surface area contributed by atoms with Crippen molar-refractivity contribution in [2.75, 3.05) is 24.5 Å². The molecule has 2 aromatic rings. The van der Waals surface area contributed by atoms with E-state index in [-0.39, 0.29) is 5.91 Å². The van der Waals surface area contributed by atoms with Gasteiger partial charge in [-0.1, -0.05) is 12.1 Å². The topological polar surface area (TPSA) is 45.2 Å². The summed E-state index contributed by atoms with van der Waals surface area (Å²) >= 11 is 1.79. The lowest BCUT2D eigenvalue weighted by atomic mass is 10.1. The Bertz CT molecular complexity index is 662. The van der Waals surface area contributed by atoms with Crippen molar-refractivity contribution < 1.29 is 4.79 Å². The highest BCUT2D eigenvalue weighted by Crippen LogP contribution is 2.27. The number of nitrogens with one attached hydrogen (secondary N) is 1. The molecule has 3 rings (SSSR count). The van der Waals surface area contributed by atoms with Crippen LogP contribution >= 0.6 is 11.3 Å². The Hall–Kier alpha value is -2.14. The molecular formula is C17H19N3OS. The smallest absolute Gasteiger partial charge is 0.252 e. The number of pyridine rings is 1. The minimum Gasteiger partial charge on any atom is -0.353 e. The van der Waals surface area contributed by atoms with Gasteiger partial charge in [0.2, 0.25) is 0 Å². The predicted octanol–water partition coefficient (Wildman–Crippen LogP) is 3.19. The molecule has 0 aliphatic carbocycles. The van der Waals surface area contributed by atoms with Crippen LogP contribution in [0.5, 0.6) is 0 Å². The number of nitrogens with zero attached hydrogens (tertiary/aromatic N) is 2. The SMILES string of the molecule is CCNC(=O)c1ccc(N2CC=C(c3cccs3)CC2)nc1. The van der Waals surface area contributed by atoms with E-state index in [0.717, 1.165) is 25.3 Å². The molecule has 0 aromatic carbocycles. The van der Waals surface area contributed by atoms with E-state index in [9.17, 15) is 4.79 Å². The highest BCUT2D eigenvalue weighted by Gasteiger charge is 2.15. The van der Waals surface area contributed by atoms with Gasteiger partial charge in [-0.3, -0.25) is 4.79 Å². The van der Waals surface area contributed by atoms with Crippen LogP contribution in [0.1, 0.15) is 28.6 Å². The zero-order valence-corrected chi connectivity index (χ0v) is 13.4. The van der Waals surface area contributed by atoms with E-state index in [4.69, 9.17) is 0 Å². The summed E-state index contributed by atoms with van der Waals surface area (Å²) < 4.78 is 0. The lowest BCUT2D eigenvalue weighted by Gasteiger charge is -2.27. The Kier molecular flexibility index (Phi) is 4.53. The van der Waals surface area contributed by atoms with Gasteiger partial charge >= 0.3 is 0 Å². The van der Waals surface area contributed by atoms with Gasteiger partial charge in [-0.15, -0.1) is 11.3 Å². The van der Waals surface area contributed by atoms with Gasteiger partial charge in [-0.2, -0.15) is 0 Å². The molecule has 0 fully saturated rings. The molecule has 0 saturated heterocycles. The van der Waals surface area contributed by atoms with Crippen LogP contribution in [-0.2, 0) is 0 Å². The third kappa shape index (κ3) is 3.20. The fourth-order valence-corrected chi connectivity index (χ4v) is 3.33. The van der Waals surface area contributed by atoms with Crippen molar-refractivity contribution in [1.82, 2.24) is 10.3 Å². The third-order valence-electron chi connectivity index (χ3n) is 3.72. The van der Waals surface area contributed by atoms with Crippen molar-refractivity contribution in [2.45, 2.75) is 13.3 Å². The van der Waals surface area contributed by atoms with Gasteiger partial charge in [0.05, 0.1) is 5.56 Å². The van der Waals surface area contributed by atoms with E-state index < -0.39 is 0 Å². The quantitative estimate of drug-likeness (QED) is 0.943. The van der Waals surface area contributed by atoms with Crippen LogP contribution < -0.4 is 10.2 Å². The third-order valence-corrected chi connectivity index (χ3v) is 4.66. The second-order valence-electron chi connectivity index (χ2n) is 5.17. The Morgan fingerprint density at radius 3 is 2.91 bits per heavy atom. The number of thiophene rings is 1. The van der Waals surface area contributed by atoms with Crippen LogP contribution in [0.4, 0.5) is 5.82 Å². The molecule has 0 spiro atoms. The molecule has 4 nitrogen and oxygen atoms in total. The van der Waals surface area contributed by atoms with Crippen molar-refractivity contribution in [3.63, 3.8) is 0 Å². The van der Waals surface area contributed by atoms with E-state index in [2.05, 4.69) is 38.8 Å². The van der Waals surface area contributed by atoms with Crippen LogP contribution in [0.3, 0.4) is 0 Å². The molecule has 0 atom stereocenters. The van der Waals surface area contributed by atoms with Gasteiger partial charge < -0.3 is 10.2 Å². The van der Waals surface area contributed by atoms with Crippen molar-refractivity contribution in [2.24, 2.45) is 0 Å². The summed E-state index contributed by atoms with van der Waals surface area (Å²) in [6.07, 6.45) is 4.95. The number of amides is 1. The summed E-state index contributed by atoms with van der Waals surface area (Å²) in [6, 6.07) is 8.03. The van der Waals surface area contributed by atoms with Gasteiger partial charge in [0, 0.05) is 30.7 Å². The Morgan fingerprint density at radius 2 is 2.32 bits per heavy atom. The van der Waals surface area contributed by atoms with E-state index in [1.807, 2.05) is 19.1 Å². The van der Waals surface area contributed by atoms with Gasteiger partial charge in [0.1, 0.15) is 5.82 Å². The second kappa shape index (κ2) is 6.75. The standard InChI is InChI=1S/C17H19N3OS/c1-2-18-17(21)14-5-6-16(19-12-14)20-9-7-13(8-10-20)15-4-3-11-22-15/h3-7,11-12H,2,8-10H2,1H3,(H,18,21). The molecule has 0 saturated carbocycles. The first-order valence-electron chi connectivity index (χ1n) is 7.50. The number of carbonyl (C=O) groups is 1. The zero-order valence-electron chi connectivity index (χ0n) is 12.6. The van der Waals surface area contributed by atoms with Crippen LogP contribution in [0.15, 0.2) is 41.9 Å². The molecule has 0 bridgehead atoms. The molecule has 3 heterocycles. The summed E-state index contributed by atoms with van der Waals surface area (Å²) in [4.78, 5) is 19.8. The van der Waals surface area contributed by atoms with Crippen LogP contribution in [-0.4, -0.2) is 30.5 Å². The lowest BCUT2D eigenvalue weighted by Crippen LogP contribution is -2.29. The fraction of sp³-hybridized carbons (Fsp3) is 0.294. The van der Waals surface area contributed by atoms with Gasteiger partial charge in [-0.25, -0.2) is 4.98 Å². The van der Waals surface area contributed by atoms with E-state index in [1.165, 1.54) is 10.5 Å². The highest BCUT2D eigenvalue weighted by molar-refractivity contribution is 7.11. The molecule has 1 aliphatic heterocycles. The van der Waals surface area contributed by atoms with Crippen LogP contribution in [0, 0.1) is 0 Å². The maximum atomic E-state index is 11.7. The molecule has 2 aromatic heterocycles. The fourth-order valence-electron chi connectivity index (χ4n) is 2.53. The van der Waals surface area contributed by atoms with Crippen molar-refractivity contribution in [3.8, 4) is 0 Å². The van der Waals surface area contributed by atoms with Gasteiger partial charge in [0.15, 0.2) is 0 Å². The van der Waals surface area contributed by atoms with E-state index in [0.29, 0.717) is 12.1 Å². The molecule has 22 heavy (non-hydrogen) atoms. The number of rotatable bonds is 4. The molecule has 5 heteroatoms. The molecule has 0 radical (unpaired) electrons. The van der Waals surface area contributed by atoms with E-state index >= 15 is 0 Å². The summed E-state index contributed by atoms with van der Waals surface area (Å²) in [6.45, 7) is 4.35. The Labute approximate surface area is 134 Å². The number of hydrogen-bond acceptors (Lipinski definition) is 4. The average molecular weight is 313 g/mol. The molecule has 114 valence electrons. The summed E-state index contributed by atoms with van der Waals surface area (Å²) in [5, 5.41) is 4.90. The maximum Gasteiger partial charge on any atom is 0.252 e. The van der Waals surface area contributed by atoms with Crippen molar-refractivity contribution in [1.29, 1.82) is 0 Å². The minimum absolute atomic E-state index is 0.0694. The first kappa shape index (κ1) is 14.8. The molecule has 1 N–H and O–H groups in total. The second-order valence-corrected chi connectivity index (χ2v) is 6.11. The first-order valence-corrected chi connectivity index (χ1v) is 8.38. The Balaban J connectivity index is 1.67. The molecule has 0 unspecified atom stereocenters. The number of hydrogen-bond donors (Lipinski definition) is 1. The summed E-state index contributed by atoms with van der Waals surface area (Å²) in [5.74, 6) is 0.856. The Morgan fingerprint density at radius 1 is 1.41 bits per heavy atom. The average Bonchev–Trinajstić information content (AvgIpc) is 3.10. The number of anilines is 1. The van der Waals surface area contributed by atoms with Crippen molar-refractivity contribution >= 4 is 28.6 Å². The van der Waals surface area contributed by atoms with Crippen LogP contribution in [0.25, 0.3) is 5.57 Å². The van der Waals surface area contributed by atoms with Gasteiger partial charge in [-0.05, 0) is 42.5 Å². The number of aromatic nitrogens is 1. The largest absolute Gasteiger partial charge is 0.353 e. The summed E-state index contributed by atoms with van der Waals surface area (Å²) in [5.41, 5.74) is 2.03. The number of carbonyl (C=O) groups excluding carboxylic acids is 1. The first-order chi connectivity index (χ1) is 10.8. The zero-order chi connectivity index (χ0) is 15.4.